The molecule has 0 radical (unpaired) electrons. The summed E-state index contributed by atoms with van der Waals surface area (Å²) in [6.07, 6.45) is 4.43. The van der Waals surface area contributed by atoms with Gasteiger partial charge >= 0.3 is 12.1 Å². The summed E-state index contributed by atoms with van der Waals surface area (Å²) in [5.41, 5.74) is 9.14. The second kappa shape index (κ2) is 19.0. The molecule has 54 heavy (non-hydrogen) atoms. The minimum atomic E-state index is -3.58. The Morgan fingerprint density at radius 1 is 0.907 bits per heavy atom. The van der Waals surface area contributed by atoms with E-state index in [-0.39, 0.29) is 57.7 Å². The quantitative estimate of drug-likeness (QED) is 0.125. The van der Waals surface area contributed by atoms with Crippen molar-refractivity contribution in [2.24, 2.45) is 17.4 Å². The number of carbonyl (C=O) groups excluding carboxylic acids is 3. The van der Waals surface area contributed by atoms with E-state index in [2.05, 4.69) is 22.0 Å². The molecule has 2 aromatic carbocycles. The number of benzene rings is 2. The smallest absolute Gasteiger partial charge is 0.407 e. The lowest BCUT2D eigenvalue weighted by Crippen LogP contribution is -2.45. The van der Waals surface area contributed by atoms with Crippen LogP contribution in [0.3, 0.4) is 0 Å². The monoisotopic (exact) mass is 808 g/mol. The topological polar surface area (TPSA) is 155 Å². The number of nitrogens with two attached hydrogens (primary N) is 2. The molecule has 3 fully saturated rings. The number of alkyl carbamates (subject to hydrolysis) is 1. The third-order valence-electron chi connectivity index (χ3n) is 8.61. The Morgan fingerprint density at radius 2 is 1.41 bits per heavy atom. The van der Waals surface area contributed by atoms with Crippen molar-refractivity contribution in [3.63, 3.8) is 0 Å². The highest BCUT2D eigenvalue weighted by atomic mass is 35.5. The Kier molecular flexibility index (Phi) is 15.8. The van der Waals surface area contributed by atoms with Crippen molar-refractivity contribution in [1.29, 1.82) is 0 Å². The van der Waals surface area contributed by atoms with E-state index in [1.165, 1.54) is 12.1 Å². The van der Waals surface area contributed by atoms with Crippen LogP contribution in [0.25, 0.3) is 0 Å². The molecule has 17 heteroatoms. The zero-order valence-electron chi connectivity index (χ0n) is 31.2. The average molecular weight is 810 g/mol. The molecule has 0 aromatic heterocycles. The first-order chi connectivity index (χ1) is 25.1. The van der Waals surface area contributed by atoms with Crippen LogP contribution in [0.1, 0.15) is 70.9 Å². The highest BCUT2D eigenvalue weighted by molar-refractivity contribution is 6.32. The standard InChI is InChI=1S/C14H16ClF2NO3.C12H12ClF2NO2.C11H22N2O2/c1-7-5-10(7)21-11-6-8(3-4-9(11)15)14(16,17)12(18)13(19)20-2;13-9-4-1-7(12(14,15)11(16)6-17)5-10(9)18-8-2-3-8;1-11(2,3)15-10(14)12-9-5-7-13(4)8-6-9/h3-4,6-7,10,12H,5,18H2,1-2H3;1,4-6,8,11H,2-3,16H2;9H,5-8H2,1-4H3,(H,12,14). The normalized spacial score (nSPS) is 20.1. The summed E-state index contributed by atoms with van der Waals surface area (Å²) < 4.78 is 76.4. The number of hydrogen-bond donors (Lipinski definition) is 3. The summed E-state index contributed by atoms with van der Waals surface area (Å²) in [6.45, 7) is 9.70. The van der Waals surface area contributed by atoms with E-state index in [4.69, 9.17) is 48.9 Å². The number of piperidine rings is 1. The van der Waals surface area contributed by atoms with Gasteiger partial charge in [-0.05, 0) is 103 Å². The molecule has 5 N–H and O–H groups in total. The van der Waals surface area contributed by atoms with Gasteiger partial charge in [0.1, 0.15) is 35.5 Å². The van der Waals surface area contributed by atoms with E-state index < -0.39 is 41.1 Å². The molecule has 4 atom stereocenters. The predicted molar refractivity (Wildman–Crippen MR) is 196 cm³/mol. The van der Waals surface area contributed by atoms with Crippen LogP contribution in [0.15, 0.2) is 36.4 Å². The maximum Gasteiger partial charge on any atom is 0.407 e. The summed E-state index contributed by atoms with van der Waals surface area (Å²) >= 11 is 11.8. The zero-order valence-corrected chi connectivity index (χ0v) is 32.7. The SMILES string of the molecule is CN1CCC(NC(=O)OC(C)(C)C)CC1.COC(=O)C(N)C(F)(F)c1ccc(Cl)c(OC2CC2C)c1.NC(C=O)C(F)(F)c1ccc(Cl)c(OC2CC2)c1. The number of hydrogen-bond acceptors (Lipinski definition) is 10. The number of likely N-dealkylation sites (tertiary alicyclic amines) is 1. The largest absolute Gasteiger partial charge is 0.489 e. The summed E-state index contributed by atoms with van der Waals surface area (Å²) in [4.78, 5) is 35.4. The summed E-state index contributed by atoms with van der Waals surface area (Å²) in [6, 6.07) is 3.46. The number of ether oxygens (including phenoxy) is 4. The van der Waals surface area contributed by atoms with Crippen molar-refractivity contribution in [2.45, 2.75) is 108 Å². The van der Waals surface area contributed by atoms with Crippen molar-refractivity contribution in [1.82, 2.24) is 10.2 Å². The third kappa shape index (κ3) is 13.4. The predicted octanol–water partition coefficient (Wildman–Crippen LogP) is 6.82. The van der Waals surface area contributed by atoms with Crippen LogP contribution in [0, 0.1) is 5.92 Å². The van der Waals surface area contributed by atoms with Crippen LogP contribution in [0.4, 0.5) is 22.4 Å². The van der Waals surface area contributed by atoms with E-state index in [9.17, 15) is 31.9 Å². The molecule has 2 aromatic rings. The van der Waals surface area contributed by atoms with Gasteiger partial charge in [0.05, 0.1) is 23.3 Å². The number of halogens is 6. The Morgan fingerprint density at radius 3 is 1.85 bits per heavy atom. The minimum Gasteiger partial charge on any atom is -0.489 e. The second-order valence-corrected chi connectivity index (χ2v) is 15.4. The molecule has 1 heterocycles. The summed E-state index contributed by atoms with van der Waals surface area (Å²) in [5, 5.41) is 3.41. The lowest BCUT2D eigenvalue weighted by Gasteiger charge is -2.30. The zero-order chi connectivity index (χ0) is 40.6. The number of amides is 1. The van der Waals surface area contributed by atoms with E-state index in [0.717, 1.165) is 76.6 Å². The highest BCUT2D eigenvalue weighted by Crippen LogP contribution is 2.41. The van der Waals surface area contributed by atoms with Gasteiger partial charge in [0.2, 0.25) is 0 Å². The van der Waals surface area contributed by atoms with Gasteiger partial charge < -0.3 is 45.4 Å². The Labute approximate surface area is 323 Å². The average Bonchev–Trinajstić information content (AvgIpc) is 4.05. The number of esters is 1. The fraction of sp³-hybridized carbons (Fsp3) is 0.595. The second-order valence-electron chi connectivity index (χ2n) is 14.6. The lowest BCUT2D eigenvalue weighted by molar-refractivity contribution is -0.153. The summed E-state index contributed by atoms with van der Waals surface area (Å²) in [5.74, 6) is -7.45. The molecule has 1 amide bonds. The molecule has 1 saturated heterocycles. The van der Waals surface area contributed by atoms with Crippen LogP contribution in [-0.2, 0) is 30.9 Å². The van der Waals surface area contributed by atoms with Crippen molar-refractivity contribution in [3.8, 4) is 11.5 Å². The Bertz CT molecular complexity index is 1590. The molecule has 1 aliphatic heterocycles. The first-order valence-electron chi connectivity index (χ1n) is 17.5. The van der Waals surface area contributed by atoms with Crippen LogP contribution in [0.5, 0.6) is 11.5 Å². The molecular formula is C37H50Cl2F4N4O7. The number of rotatable bonds is 11. The Balaban J connectivity index is 0.000000221. The van der Waals surface area contributed by atoms with Crippen LogP contribution in [-0.4, -0.2) is 86.4 Å². The number of nitrogens with zero attached hydrogens (tertiary/aromatic N) is 1. The molecule has 302 valence electrons. The fourth-order valence-electron chi connectivity index (χ4n) is 4.94. The number of aldehydes is 1. The molecule has 4 unspecified atom stereocenters. The molecular weight excluding hydrogens is 759 g/mol. The molecule has 3 aliphatic rings. The van der Waals surface area contributed by atoms with Gasteiger partial charge in [-0.1, -0.05) is 42.3 Å². The summed E-state index contributed by atoms with van der Waals surface area (Å²) in [7, 11) is 3.10. The van der Waals surface area contributed by atoms with E-state index in [1.807, 2.05) is 27.7 Å². The van der Waals surface area contributed by atoms with Crippen LogP contribution < -0.4 is 26.3 Å². The van der Waals surface area contributed by atoms with E-state index in [1.54, 1.807) is 0 Å². The van der Waals surface area contributed by atoms with Crippen molar-refractivity contribution >= 4 is 41.6 Å². The fourth-order valence-corrected chi connectivity index (χ4v) is 5.27. The number of nitrogens with one attached hydrogen (secondary N) is 1. The molecule has 2 saturated carbocycles. The van der Waals surface area contributed by atoms with Crippen LogP contribution >= 0.6 is 23.2 Å². The maximum atomic E-state index is 14.2. The van der Waals surface area contributed by atoms with Gasteiger partial charge in [-0.2, -0.15) is 17.6 Å². The van der Waals surface area contributed by atoms with Gasteiger partial charge in [0.25, 0.3) is 11.8 Å². The molecule has 5 rings (SSSR count). The lowest BCUT2D eigenvalue weighted by atomic mass is 10.0. The first-order valence-corrected chi connectivity index (χ1v) is 18.3. The number of carbonyl (C=O) groups is 3. The molecule has 0 bridgehead atoms. The molecule has 2 aliphatic carbocycles. The maximum absolute atomic E-state index is 14.2. The molecule has 11 nitrogen and oxygen atoms in total. The van der Waals surface area contributed by atoms with Crippen molar-refractivity contribution in [3.05, 3.63) is 57.6 Å². The van der Waals surface area contributed by atoms with Crippen molar-refractivity contribution < 1.29 is 50.9 Å². The van der Waals surface area contributed by atoms with Crippen LogP contribution in [0.2, 0.25) is 10.0 Å². The highest BCUT2D eigenvalue weighted by Gasteiger charge is 2.45. The molecule has 0 spiro atoms. The van der Waals surface area contributed by atoms with Gasteiger partial charge in [0, 0.05) is 17.2 Å². The first kappa shape index (κ1) is 45.0. The van der Waals surface area contributed by atoms with Gasteiger partial charge in [0.15, 0.2) is 6.04 Å². The third-order valence-corrected chi connectivity index (χ3v) is 9.24. The number of alkyl halides is 4. The minimum absolute atomic E-state index is 0.0133. The van der Waals surface area contributed by atoms with Gasteiger partial charge in [-0.3, -0.25) is 4.79 Å². The van der Waals surface area contributed by atoms with E-state index >= 15 is 0 Å². The van der Waals surface area contributed by atoms with Crippen molar-refractivity contribution in [2.75, 3.05) is 27.2 Å². The number of methoxy groups -OCH3 is 1. The van der Waals surface area contributed by atoms with Gasteiger partial charge in [-0.15, -0.1) is 0 Å². The van der Waals surface area contributed by atoms with Gasteiger partial charge in [-0.25, -0.2) is 4.79 Å². The van der Waals surface area contributed by atoms with E-state index in [0.29, 0.717) is 5.92 Å². The Hall–Kier alpha value is -3.37.